The van der Waals surface area contributed by atoms with Crippen LogP contribution in [0.15, 0.2) is 17.2 Å². The third kappa shape index (κ3) is 1.57. The second-order valence-electron chi connectivity index (χ2n) is 4.07. The molecule has 7 heteroatoms. The zero-order valence-electron chi connectivity index (χ0n) is 8.23. The summed E-state index contributed by atoms with van der Waals surface area (Å²) in [6, 6.07) is 1.35. The van der Waals surface area contributed by atoms with Crippen LogP contribution >= 0.6 is 11.6 Å². The number of nitrogens with zero attached hydrogens (tertiary/aromatic N) is 1. The minimum absolute atomic E-state index is 0.0174. The molecule has 0 radical (unpaired) electrons. The van der Waals surface area contributed by atoms with Gasteiger partial charge in [0.25, 0.3) is 0 Å². The standard InChI is InChI=1S/C9H9ClN2O3S/c10-6-3-7-8(11-4-6)15-9(1-2-9)5-12-16(7,13)14/h3-4,12H,1-2,5H2. The maximum absolute atomic E-state index is 11.9. The predicted molar refractivity (Wildman–Crippen MR) is 57.0 cm³/mol. The van der Waals surface area contributed by atoms with Crippen LogP contribution in [0.3, 0.4) is 0 Å². The molecule has 1 aromatic rings. The van der Waals surface area contributed by atoms with Gasteiger partial charge in [-0.05, 0) is 18.9 Å². The van der Waals surface area contributed by atoms with Crippen LogP contribution in [0.4, 0.5) is 0 Å². The first kappa shape index (κ1) is 10.3. The van der Waals surface area contributed by atoms with Gasteiger partial charge in [-0.3, -0.25) is 0 Å². The normalized spacial score (nSPS) is 24.3. The first-order valence-electron chi connectivity index (χ1n) is 4.85. The molecule has 5 nitrogen and oxygen atoms in total. The lowest BCUT2D eigenvalue weighted by molar-refractivity contribution is 0.174. The van der Waals surface area contributed by atoms with E-state index in [4.69, 9.17) is 16.3 Å². The Morgan fingerprint density at radius 1 is 1.50 bits per heavy atom. The Morgan fingerprint density at radius 2 is 2.25 bits per heavy atom. The molecule has 0 bridgehead atoms. The molecule has 1 fully saturated rings. The molecule has 3 rings (SSSR count). The Bertz CT molecular complexity index is 554. The quantitative estimate of drug-likeness (QED) is 0.754. The smallest absolute Gasteiger partial charge is 0.246 e. The van der Waals surface area contributed by atoms with Crippen LogP contribution < -0.4 is 9.46 Å². The fraction of sp³-hybridized carbons (Fsp3) is 0.444. The monoisotopic (exact) mass is 260 g/mol. The van der Waals surface area contributed by atoms with Gasteiger partial charge in [0.05, 0.1) is 11.6 Å². The van der Waals surface area contributed by atoms with Gasteiger partial charge in [0.2, 0.25) is 15.9 Å². The van der Waals surface area contributed by atoms with E-state index in [-0.39, 0.29) is 21.4 Å². The van der Waals surface area contributed by atoms with E-state index < -0.39 is 10.0 Å². The number of ether oxygens (including phenoxy) is 1. The summed E-state index contributed by atoms with van der Waals surface area (Å²) < 4.78 is 31.9. The number of rotatable bonds is 0. The molecular weight excluding hydrogens is 252 g/mol. The van der Waals surface area contributed by atoms with E-state index in [1.807, 2.05) is 0 Å². The Hall–Kier alpha value is -0.850. The van der Waals surface area contributed by atoms with Crippen LogP contribution in [0, 0.1) is 0 Å². The third-order valence-corrected chi connectivity index (χ3v) is 4.38. The Labute approximate surface area is 97.8 Å². The van der Waals surface area contributed by atoms with Crippen molar-refractivity contribution in [1.29, 1.82) is 0 Å². The Morgan fingerprint density at radius 3 is 2.94 bits per heavy atom. The number of nitrogens with one attached hydrogen (secondary N) is 1. The number of hydrogen-bond acceptors (Lipinski definition) is 4. The molecule has 0 amide bonds. The van der Waals surface area contributed by atoms with Gasteiger partial charge in [-0.25, -0.2) is 18.1 Å². The Balaban J connectivity index is 2.18. The summed E-state index contributed by atoms with van der Waals surface area (Å²) in [5.41, 5.74) is -0.390. The lowest BCUT2D eigenvalue weighted by Gasteiger charge is -2.12. The van der Waals surface area contributed by atoms with Gasteiger partial charge < -0.3 is 4.74 Å². The number of fused-ring (bicyclic) bond motifs is 1. The fourth-order valence-electron chi connectivity index (χ4n) is 1.64. The van der Waals surface area contributed by atoms with E-state index >= 15 is 0 Å². The predicted octanol–water partition coefficient (Wildman–Crippen LogP) is 0.938. The first-order chi connectivity index (χ1) is 7.51. The summed E-state index contributed by atoms with van der Waals surface area (Å²) in [5.74, 6) is 0.145. The highest BCUT2D eigenvalue weighted by molar-refractivity contribution is 7.89. The molecule has 1 aliphatic heterocycles. The summed E-state index contributed by atoms with van der Waals surface area (Å²) in [6.45, 7) is 0.295. The average molecular weight is 261 g/mol. The van der Waals surface area contributed by atoms with Gasteiger partial charge in [-0.15, -0.1) is 0 Å². The van der Waals surface area contributed by atoms with Gasteiger partial charge in [-0.2, -0.15) is 0 Å². The molecule has 0 unspecified atom stereocenters. The molecule has 1 spiro atoms. The summed E-state index contributed by atoms with van der Waals surface area (Å²) >= 11 is 5.73. The first-order valence-corrected chi connectivity index (χ1v) is 6.71. The molecule has 1 N–H and O–H groups in total. The van der Waals surface area contributed by atoms with E-state index in [0.717, 1.165) is 12.8 Å². The zero-order chi connectivity index (χ0) is 11.4. The maximum Gasteiger partial charge on any atom is 0.246 e. The molecule has 1 aliphatic carbocycles. The number of sulfonamides is 1. The highest BCUT2D eigenvalue weighted by Gasteiger charge is 2.49. The van der Waals surface area contributed by atoms with Gasteiger partial charge in [0.15, 0.2) is 0 Å². The van der Waals surface area contributed by atoms with E-state index in [1.165, 1.54) is 12.3 Å². The van der Waals surface area contributed by atoms with Gasteiger partial charge in [-0.1, -0.05) is 11.6 Å². The van der Waals surface area contributed by atoms with Crippen LogP contribution in [-0.4, -0.2) is 25.5 Å². The molecule has 2 heterocycles. The van der Waals surface area contributed by atoms with Crippen LogP contribution in [0.25, 0.3) is 0 Å². The highest BCUT2D eigenvalue weighted by Crippen LogP contribution is 2.43. The van der Waals surface area contributed by atoms with Crippen molar-refractivity contribution in [2.24, 2.45) is 0 Å². The second-order valence-corrected chi connectivity index (χ2v) is 6.24. The molecule has 2 aliphatic rings. The number of pyridine rings is 1. The molecule has 0 aromatic carbocycles. The molecule has 1 saturated carbocycles. The van der Waals surface area contributed by atoms with Crippen molar-refractivity contribution in [3.63, 3.8) is 0 Å². The van der Waals surface area contributed by atoms with E-state index in [2.05, 4.69) is 9.71 Å². The van der Waals surface area contributed by atoms with Crippen LogP contribution in [0.1, 0.15) is 12.8 Å². The molecule has 86 valence electrons. The minimum Gasteiger partial charge on any atom is -0.469 e. The van der Waals surface area contributed by atoms with Crippen molar-refractivity contribution in [2.75, 3.05) is 6.54 Å². The number of hydrogen-bond donors (Lipinski definition) is 1. The average Bonchev–Trinajstić information content (AvgIpc) is 2.99. The van der Waals surface area contributed by atoms with Gasteiger partial charge in [0.1, 0.15) is 10.5 Å². The fourth-order valence-corrected chi connectivity index (χ4v) is 3.08. The van der Waals surface area contributed by atoms with Gasteiger partial charge >= 0.3 is 0 Å². The van der Waals surface area contributed by atoms with E-state index in [0.29, 0.717) is 6.54 Å². The minimum atomic E-state index is -3.55. The van der Waals surface area contributed by atoms with E-state index in [1.54, 1.807) is 0 Å². The molecular formula is C9H9ClN2O3S. The lowest BCUT2D eigenvalue weighted by Crippen LogP contribution is -2.33. The van der Waals surface area contributed by atoms with Crippen molar-refractivity contribution in [3.8, 4) is 5.88 Å². The number of halogens is 1. The summed E-state index contributed by atoms with van der Waals surface area (Å²) in [5, 5.41) is 0.277. The topological polar surface area (TPSA) is 68.3 Å². The van der Waals surface area contributed by atoms with Crippen molar-refractivity contribution in [1.82, 2.24) is 9.71 Å². The molecule has 1 aromatic heterocycles. The zero-order valence-corrected chi connectivity index (χ0v) is 9.81. The summed E-state index contributed by atoms with van der Waals surface area (Å²) in [4.78, 5) is 3.95. The van der Waals surface area contributed by atoms with Crippen molar-refractivity contribution in [2.45, 2.75) is 23.3 Å². The lowest BCUT2D eigenvalue weighted by atomic mass is 10.3. The number of aromatic nitrogens is 1. The van der Waals surface area contributed by atoms with Crippen LogP contribution in [0.5, 0.6) is 5.88 Å². The van der Waals surface area contributed by atoms with Crippen molar-refractivity contribution in [3.05, 3.63) is 17.3 Å². The maximum atomic E-state index is 11.9. The molecule has 0 saturated heterocycles. The Kier molecular flexibility index (Phi) is 1.99. The van der Waals surface area contributed by atoms with Crippen LogP contribution in [-0.2, 0) is 10.0 Å². The highest BCUT2D eigenvalue weighted by atomic mass is 35.5. The largest absolute Gasteiger partial charge is 0.469 e. The van der Waals surface area contributed by atoms with Crippen LogP contribution in [0.2, 0.25) is 5.02 Å². The van der Waals surface area contributed by atoms with Crippen molar-refractivity contribution < 1.29 is 13.2 Å². The molecule has 16 heavy (non-hydrogen) atoms. The van der Waals surface area contributed by atoms with E-state index in [9.17, 15) is 8.42 Å². The van der Waals surface area contributed by atoms with Gasteiger partial charge in [0, 0.05) is 6.20 Å². The van der Waals surface area contributed by atoms with Crippen molar-refractivity contribution >= 4 is 21.6 Å². The second kappa shape index (κ2) is 3.09. The molecule has 0 atom stereocenters. The summed E-state index contributed by atoms with van der Waals surface area (Å²) in [6.07, 6.45) is 3.08. The third-order valence-electron chi connectivity index (χ3n) is 2.78. The summed E-state index contributed by atoms with van der Waals surface area (Å²) in [7, 11) is -3.55. The SMILES string of the molecule is O=S1(=O)NCC2(CC2)Oc2ncc(Cl)cc21.